The third-order valence-electron chi connectivity index (χ3n) is 2.30. The molecule has 0 spiro atoms. The number of hydrogen-bond acceptors (Lipinski definition) is 5. The lowest BCUT2D eigenvalue weighted by molar-refractivity contribution is 0.383. The molecule has 2 aromatic rings. The summed E-state index contributed by atoms with van der Waals surface area (Å²) in [5.41, 5.74) is 0. The van der Waals surface area contributed by atoms with E-state index in [-0.39, 0.29) is 10.8 Å². The Morgan fingerprint density at radius 2 is 2.17 bits per heavy atom. The number of aryl methyl sites for hydroxylation is 1. The zero-order chi connectivity index (χ0) is 13.2. The maximum atomic E-state index is 13.0. The van der Waals surface area contributed by atoms with Gasteiger partial charge < -0.3 is 4.52 Å². The van der Waals surface area contributed by atoms with Gasteiger partial charge in [-0.2, -0.15) is 4.98 Å². The standard InChI is InChI=1S/C11H11FN2O3S/c1-2-10-13-11(17-14-10)7-18(15,16)9-5-3-4-8(12)6-9/h3-6H,2,7H2,1H3. The number of sulfone groups is 1. The molecule has 0 radical (unpaired) electrons. The maximum absolute atomic E-state index is 13.0. The summed E-state index contributed by atoms with van der Waals surface area (Å²) in [6, 6.07) is 4.82. The highest BCUT2D eigenvalue weighted by Crippen LogP contribution is 2.16. The van der Waals surface area contributed by atoms with E-state index in [1.807, 2.05) is 6.92 Å². The molecular formula is C11H11FN2O3S. The molecule has 0 saturated carbocycles. The average molecular weight is 270 g/mol. The fourth-order valence-electron chi connectivity index (χ4n) is 1.40. The average Bonchev–Trinajstić information content (AvgIpc) is 2.76. The summed E-state index contributed by atoms with van der Waals surface area (Å²) in [4.78, 5) is 3.81. The number of nitrogens with zero attached hydrogens (tertiary/aromatic N) is 2. The van der Waals surface area contributed by atoms with Crippen molar-refractivity contribution in [1.82, 2.24) is 10.1 Å². The molecule has 0 unspecified atom stereocenters. The van der Waals surface area contributed by atoms with Crippen molar-refractivity contribution in [3.63, 3.8) is 0 Å². The summed E-state index contributed by atoms with van der Waals surface area (Å²) in [6.07, 6.45) is 0.559. The molecule has 0 amide bonds. The van der Waals surface area contributed by atoms with Gasteiger partial charge in [0, 0.05) is 6.42 Å². The molecule has 0 N–H and O–H groups in total. The first-order valence-electron chi connectivity index (χ1n) is 5.31. The smallest absolute Gasteiger partial charge is 0.242 e. The van der Waals surface area contributed by atoms with Crippen LogP contribution in [0.1, 0.15) is 18.6 Å². The second-order valence-corrected chi connectivity index (χ2v) is 5.66. The van der Waals surface area contributed by atoms with Gasteiger partial charge in [-0.3, -0.25) is 0 Å². The zero-order valence-electron chi connectivity index (χ0n) is 9.63. The lowest BCUT2D eigenvalue weighted by Crippen LogP contribution is -2.05. The molecular weight excluding hydrogens is 259 g/mol. The number of aromatic nitrogens is 2. The Labute approximate surface area is 104 Å². The van der Waals surface area contributed by atoms with Crippen molar-refractivity contribution < 1.29 is 17.3 Å². The summed E-state index contributed by atoms with van der Waals surface area (Å²) in [6.45, 7) is 1.83. The molecule has 0 aliphatic heterocycles. The third-order valence-corrected chi connectivity index (χ3v) is 3.89. The van der Waals surface area contributed by atoms with Gasteiger partial charge in [-0.1, -0.05) is 18.1 Å². The minimum atomic E-state index is -3.67. The van der Waals surface area contributed by atoms with Crippen molar-refractivity contribution in [1.29, 1.82) is 0 Å². The van der Waals surface area contributed by atoms with Crippen LogP contribution in [0.15, 0.2) is 33.7 Å². The molecule has 18 heavy (non-hydrogen) atoms. The first-order valence-corrected chi connectivity index (χ1v) is 6.96. The fourth-order valence-corrected chi connectivity index (χ4v) is 2.59. The van der Waals surface area contributed by atoms with Crippen LogP contribution in [-0.4, -0.2) is 18.6 Å². The van der Waals surface area contributed by atoms with Crippen molar-refractivity contribution in [2.75, 3.05) is 0 Å². The van der Waals surface area contributed by atoms with Crippen LogP contribution in [0.3, 0.4) is 0 Å². The van der Waals surface area contributed by atoms with Crippen LogP contribution < -0.4 is 0 Å². The quantitative estimate of drug-likeness (QED) is 0.846. The summed E-state index contributed by atoms with van der Waals surface area (Å²) >= 11 is 0. The molecule has 1 aromatic carbocycles. The van der Waals surface area contributed by atoms with Crippen LogP contribution in [0, 0.1) is 5.82 Å². The van der Waals surface area contributed by atoms with Crippen LogP contribution in [0.4, 0.5) is 4.39 Å². The normalized spacial score (nSPS) is 11.7. The van der Waals surface area contributed by atoms with Gasteiger partial charge in [0.1, 0.15) is 11.6 Å². The number of hydrogen-bond donors (Lipinski definition) is 0. The van der Waals surface area contributed by atoms with E-state index in [2.05, 4.69) is 10.1 Å². The Kier molecular flexibility index (Phi) is 3.42. The van der Waals surface area contributed by atoms with Crippen LogP contribution in [0.25, 0.3) is 0 Å². The van der Waals surface area contributed by atoms with Crippen molar-refractivity contribution in [3.8, 4) is 0 Å². The Bertz CT molecular complexity index is 652. The first-order chi connectivity index (χ1) is 8.51. The maximum Gasteiger partial charge on any atom is 0.242 e. The van der Waals surface area contributed by atoms with E-state index in [0.29, 0.717) is 12.2 Å². The van der Waals surface area contributed by atoms with Crippen LogP contribution in [-0.2, 0) is 22.0 Å². The fraction of sp³-hybridized carbons (Fsp3) is 0.273. The number of benzene rings is 1. The SMILES string of the molecule is CCc1noc(CS(=O)(=O)c2cccc(F)c2)n1. The minimum absolute atomic E-state index is 0.0103. The molecule has 1 aromatic heterocycles. The summed E-state index contributed by atoms with van der Waals surface area (Å²) in [5.74, 6) is -0.574. The zero-order valence-corrected chi connectivity index (χ0v) is 10.4. The first kappa shape index (κ1) is 12.7. The molecule has 1 heterocycles. The van der Waals surface area contributed by atoms with Gasteiger partial charge in [0.25, 0.3) is 0 Å². The lowest BCUT2D eigenvalue weighted by Gasteiger charge is -2.00. The highest BCUT2D eigenvalue weighted by Gasteiger charge is 2.19. The molecule has 0 atom stereocenters. The molecule has 0 aliphatic rings. The topological polar surface area (TPSA) is 73.1 Å². The molecule has 0 bridgehead atoms. The van der Waals surface area contributed by atoms with E-state index >= 15 is 0 Å². The van der Waals surface area contributed by atoms with Crippen molar-refractivity contribution in [2.24, 2.45) is 0 Å². The van der Waals surface area contributed by atoms with E-state index in [1.165, 1.54) is 18.2 Å². The van der Waals surface area contributed by atoms with Gasteiger partial charge in [0.15, 0.2) is 15.7 Å². The number of halogens is 1. The molecule has 2 rings (SSSR count). The highest BCUT2D eigenvalue weighted by atomic mass is 32.2. The second kappa shape index (κ2) is 4.85. The summed E-state index contributed by atoms with van der Waals surface area (Å²) < 4.78 is 41.7. The van der Waals surface area contributed by atoms with Gasteiger partial charge in [0.05, 0.1) is 4.90 Å². The van der Waals surface area contributed by atoms with Gasteiger partial charge in [-0.05, 0) is 18.2 Å². The molecule has 96 valence electrons. The van der Waals surface area contributed by atoms with E-state index in [0.717, 1.165) is 6.07 Å². The Balaban J connectivity index is 2.27. The Morgan fingerprint density at radius 3 is 2.78 bits per heavy atom. The summed E-state index contributed by atoms with van der Waals surface area (Å²) in [5, 5.41) is 3.61. The largest absolute Gasteiger partial charge is 0.338 e. The van der Waals surface area contributed by atoms with Crippen molar-refractivity contribution in [2.45, 2.75) is 24.0 Å². The molecule has 0 saturated heterocycles. The van der Waals surface area contributed by atoms with Crippen LogP contribution >= 0.6 is 0 Å². The monoisotopic (exact) mass is 270 g/mol. The van der Waals surface area contributed by atoms with Crippen molar-refractivity contribution >= 4 is 9.84 Å². The van der Waals surface area contributed by atoms with Crippen LogP contribution in [0.5, 0.6) is 0 Å². The molecule has 0 fully saturated rings. The minimum Gasteiger partial charge on any atom is -0.338 e. The highest BCUT2D eigenvalue weighted by molar-refractivity contribution is 7.90. The van der Waals surface area contributed by atoms with E-state index < -0.39 is 21.4 Å². The second-order valence-electron chi connectivity index (χ2n) is 3.67. The Hall–Kier alpha value is -1.76. The Morgan fingerprint density at radius 1 is 1.39 bits per heavy atom. The molecule has 7 heteroatoms. The van der Waals surface area contributed by atoms with E-state index in [9.17, 15) is 12.8 Å². The predicted octanol–water partition coefficient (Wildman–Crippen LogP) is 1.74. The van der Waals surface area contributed by atoms with Gasteiger partial charge >= 0.3 is 0 Å². The van der Waals surface area contributed by atoms with Gasteiger partial charge in [-0.25, -0.2) is 12.8 Å². The van der Waals surface area contributed by atoms with E-state index in [4.69, 9.17) is 4.52 Å². The van der Waals surface area contributed by atoms with Gasteiger partial charge in [0.2, 0.25) is 5.89 Å². The van der Waals surface area contributed by atoms with Crippen molar-refractivity contribution in [3.05, 3.63) is 41.8 Å². The van der Waals surface area contributed by atoms with Gasteiger partial charge in [-0.15, -0.1) is 0 Å². The summed E-state index contributed by atoms with van der Waals surface area (Å²) in [7, 11) is -3.67. The predicted molar refractivity (Wildman–Crippen MR) is 61.0 cm³/mol. The molecule has 0 aliphatic carbocycles. The van der Waals surface area contributed by atoms with Crippen LogP contribution in [0.2, 0.25) is 0 Å². The lowest BCUT2D eigenvalue weighted by atomic mass is 10.4. The molecule has 5 nitrogen and oxygen atoms in total. The number of rotatable bonds is 4. The third kappa shape index (κ3) is 2.73. The van der Waals surface area contributed by atoms with E-state index in [1.54, 1.807) is 0 Å².